The predicted molar refractivity (Wildman–Crippen MR) is 61.0 cm³/mol. The van der Waals surface area contributed by atoms with E-state index in [1.54, 1.807) is 0 Å². The van der Waals surface area contributed by atoms with E-state index in [-0.39, 0.29) is 5.82 Å². The Hall–Kier alpha value is -1.35. The van der Waals surface area contributed by atoms with E-state index in [0.717, 1.165) is 30.6 Å². The van der Waals surface area contributed by atoms with Crippen LogP contribution in [0.3, 0.4) is 0 Å². The number of hydrogen-bond acceptors (Lipinski definition) is 2. The van der Waals surface area contributed by atoms with Crippen molar-refractivity contribution >= 4 is 11.3 Å². The van der Waals surface area contributed by atoms with Crippen molar-refractivity contribution in [1.82, 2.24) is 5.32 Å². The van der Waals surface area contributed by atoms with E-state index >= 15 is 0 Å². The van der Waals surface area contributed by atoms with E-state index in [4.69, 9.17) is 5.73 Å². The highest BCUT2D eigenvalue weighted by molar-refractivity contribution is 5.69. The average Bonchev–Trinajstić information content (AvgIpc) is 2.25. The van der Waals surface area contributed by atoms with Crippen LogP contribution in [0.1, 0.15) is 17.5 Å². The molecule has 80 valence electrons. The molecule has 0 bridgehead atoms. The Balaban J connectivity index is 2.43. The molecular weight excluding hydrogens is 191 g/mol. The zero-order valence-corrected chi connectivity index (χ0v) is 8.81. The van der Waals surface area contributed by atoms with Gasteiger partial charge in [-0.3, -0.25) is 0 Å². The van der Waals surface area contributed by atoms with Gasteiger partial charge in [0.15, 0.2) is 0 Å². The van der Waals surface area contributed by atoms with Gasteiger partial charge in [-0.2, -0.15) is 0 Å². The maximum absolute atomic E-state index is 13.7. The second-order valence-electron chi connectivity index (χ2n) is 3.87. The fraction of sp³-hybridized carbons (Fsp3) is 0.333. The first kappa shape index (κ1) is 10.2. The van der Waals surface area contributed by atoms with Gasteiger partial charge in [-0.25, -0.2) is 4.39 Å². The molecule has 0 aromatic heterocycles. The third-order valence-electron chi connectivity index (χ3n) is 2.77. The summed E-state index contributed by atoms with van der Waals surface area (Å²) < 4.78 is 13.7. The molecule has 0 saturated heterocycles. The van der Waals surface area contributed by atoms with Gasteiger partial charge < -0.3 is 11.1 Å². The van der Waals surface area contributed by atoms with Gasteiger partial charge in [-0.05, 0) is 43.2 Å². The molecule has 1 aliphatic heterocycles. The van der Waals surface area contributed by atoms with Crippen LogP contribution in [0.5, 0.6) is 0 Å². The lowest BCUT2D eigenvalue weighted by atomic mass is 9.97. The van der Waals surface area contributed by atoms with Crippen molar-refractivity contribution in [2.45, 2.75) is 13.3 Å². The summed E-state index contributed by atoms with van der Waals surface area (Å²) in [6, 6.07) is 3.25. The summed E-state index contributed by atoms with van der Waals surface area (Å²) in [4.78, 5) is 0. The molecule has 3 heteroatoms. The summed E-state index contributed by atoms with van der Waals surface area (Å²) in [6.07, 6.45) is 2.91. The van der Waals surface area contributed by atoms with Crippen molar-refractivity contribution in [3.63, 3.8) is 0 Å². The lowest BCUT2D eigenvalue weighted by Crippen LogP contribution is -2.20. The van der Waals surface area contributed by atoms with E-state index < -0.39 is 0 Å². The van der Waals surface area contributed by atoms with Gasteiger partial charge in [0, 0.05) is 17.8 Å². The number of nitrogen functional groups attached to an aromatic ring is 1. The highest BCUT2D eigenvalue weighted by Crippen LogP contribution is 2.26. The molecule has 1 aliphatic rings. The number of aryl methyl sites for hydroxylation is 1. The van der Waals surface area contributed by atoms with E-state index in [2.05, 4.69) is 5.32 Å². The fourth-order valence-corrected chi connectivity index (χ4v) is 1.81. The van der Waals surface area contributed by atoms with Gasteiger partial charge in [-0.15, -0.1) is 0 Å². The summed E-state index contributed by atoms with van der Waals surface area (Å²) in [5.74, 6) is -0.216. The fourth-order valence-electron chi connectivity index (χ4n) is 1.81. The van der Waals surface area contributed by atoms with Crippen molar-refractivity contribution in [3.05, 3.63) is 35.2 Å². The van der Waals surface area contributed by atoms with Crippen LogP contribution in [0.2, 0.25) is 0 Å². The minimum Gasteiger partial charge on any atom is -0.398 e. The Labute approximate surface area is 89.0 Å². The van der Waals surface area contributed by atoms with E-state index in [9.17, 15) is 4.39 Å². The monoisotopic (exact) mass is 206 g/mol. The van der Waals surface area contributed by atoms with E-state index in [1.165, 1.54) is 6.07 Å². The van der Waals surface area contributed by atoms with Crippen LogP contribution < -0.4 is 11.1 Å². The second-order valence-corrected chi connectivity index (χ2v) is 3.87. The molecule has 0 atom stereocenters. The van der Waals surface area contributed by atoms with Gasteiger partial charge in [0.05, 0.1) is 0 Å². The molecule has 2 rings (SSSR count). The molecule has 1 heterocycles. The molecule has 0 spiro atoms. The molecule has 2 nitrogen and oxygen atoms in total. The Morgan fingerprint density at radius 2 is 2.20 bits per heavy atom. The topological polar surface area (TPSA) is 38.0 Å². The normalized spacial score (nSPS) is 16.3. The van der Waals surface area contributed by atoms with Crippen LogP contribution in [0.4, 0.5) is 10.1 Å². The number of rotatable bonds is 1. The highest BCUT2D eigenvalue weighted by Gasteiger charge is 2.11. The maximum Gasteiger partial charge on any atom is 0.132 e. The van der Waals surface area contributed by atoms with Crippen LogP contribution in [-0.4, -0.2) is 13.1 Å². The molecular formula is C12H15FN2. The molecule has 0 saturated carbocycles. The molecule has 1 aromatic rings. The number of benzene rings is 1. The zero-order chi connectivity index (χ0) is 10.8. The molecule has 0 aliphatic carbocycles. The Bertz CT molecular complexity index is 410. The van der Waals surface area contributed by atoms with E-state index in [0.29, 0.717) is 11.3 Å². The smallest absolute Gasteiger partial charge is 0.132 e. The summed E-state index contributed by atoms with van der Waals surface area (Å²) in [6.45, 7) is 3.63. The highest BCUT2D eigenvalue weighted by atomic mass is 19.1. The summed E-state index contributed by atoms with van der Waals surface area (Å²) in [7, 11) is 0. The van der Waals surface area contributed by atoms with Crippen LogP contribution >= 0.6 is 0 Å². The number of halogens is 1. The molecule has 1 aromatic carbocycles. The first-order valence-corrected chi connectivity index (χ1v) is 5.14. The molecule has 0 fully saturated rings. The zero-order valence-electron chi connectivity index (χ0n) is 8.81. The van der Waals surface area contributed by atoms with Crippen LogP contribution in [0.25, 0.3) is 5.57 Å². The molecule has 3 N–H and O–H groups in total. The lowest BCUT2D eigenvalue weighted by Gasteiger charge is -2.16. The second kappa shape index (κ2) is 4.03. The Morgan fingerprint density at radius 1 is 1.40 bits per heavy atom. The minimum atomic E-state index is -0.216. The average molecular weight is 206 g/mol. The number of anilines is 1. The Kier molecular flexibility index (Phi) is 2.73. The first-order chi connectivity index (χ1) is 7.18. The third-order valence-corrected chi connectivity index (χ3v) is 2.77. The van der Waals surface area contributed by atoms with E-state index in [1.807, 2.05) is 19.1 Å². The quantitative estimate of drug-likeness (QED) is 0.690. The Morgan fingerprint density at radius 3 is 2.87 bits per heavy atom. The number of nitrogens with one attached hydrogen (secondary N) is 1. The summed E-state index contributed by atoms with van der Waals surface area (Å²) in [5.41, 5.74) is 8.88. The van der Waals surface area contributed by atoms with Crippen molar-refractivity contribution in [3.8, 4) is 0 Å². The van der Waals surface area contributed by atoms with Crippen molar-refractivity contribution < 1.29 is 4.39 Å². The largest absolute Gasteiger partial charge is 0.398 e. The lowest BCUT2D eigenvalue weighted by molar-refractivity contribution is 0.621. The van der Waals surface area contributed by atoms with Crippen LogP contribution in [0, 0.1) is 12.7 Å². The summed E-state index contributed by atoms with van der Waals surface area (Å²) >= 11 is 0. The van der Waals surface area contributed by atoms with Crippen molar-refractivity contribution in [2.75, 3.05) is 18.8 Å². The van der Waals surface area contributed by atoms with Gasteiger partial charge in [0.2, 0.25) is 0 Å². The maximum atomic E-state index is 13.7. The summed E-state index contributed by atoms with van der Waals surface area (Å²) in [5, 5.41) is 3.21. The van der Waals surface area contributed by atoms with Crippen molar-refractivity contribution in [1.29, 1.82) is 0 Å². The van der Waals surface area contributed by atoms with Crippen LogP contribution in [0.15, 0.2) is 18.2 Å². The molecule has 0 amide bonds. The number of hydrogen-bond donors (Lipinski definition) is 2. The van der Waals surface area contributed by atoms with Crippen LogP contribution in [-0.2, 0) is 0 Å². The molecule has 0 radical (unpaired) electrons. The standard InChI is InChI=1S/C12H15FN2/c1-8-6-10(11(13)7-12(8)14)9-2-4-15-5-3-9/h2,6-7,15H,3-5,14H2,1H3. The van der Waals surface area contributed by atoms with Gasteiger partial charge >= 0.3 is 0 Å². The molecule has 15 heavy (non-hydrogen) atoms. The minimum absolute atomic E-state index is 0.216. The van der Waals surface area contributed by atoms with Gasteiger partial charge in [0.1, 0.15) is 5.82 Å². The predicted octanol–water partition coefficient (Wildman–Crippen LogP) is 2.09. The number of nitrogens with two attached hydrogens (primary N) is 1. The third kappa shape index (κ3) is 2.02. The SMILES string of the molecule is Cc1cc(C2=CCNCC2)c(F)cc1N. The van der Waals surface area contributed by atoms with Gasteiger partial charge in [0.25, 0.3) is 0 Å². The van der Waals surface area contributed by atoms with Crippen molar-refractivity contribution in [2.24, 2.45) is 0 Å². The molecule has 0 unspecified atom stereocenters. The van der Waals surface area contributed by atoms with Gasteiger partial charge in [-0.1, -0.05) is 6.08 Å². The first-order valence-electron chi connectivity index (χ1n) is 5.14.